The van der Waals surface area contributed by atoms with E-state index in [9.17, 15) is 14.4 Å². The Kier molecular flexibility index (Phi) is 3.00. The number of imidazole rings is 1. The van der Waals surface area contributed by atoms with Gasteiger partial charge in [-0.3, -0.25) is 14.9 Å². The van der Waals surface area contributed by atoms with E-state index < -0.39 is 17.9 Å². The Bertz CT molecular complexity index is 522. The second kappa shape index (κ2) is 4.47. The molecule has 2 amide bonds. The first kappa shape index (κ1) is 12.1. The standard InChI is InChI=1S/C10H12N4O4/c1-18-10(17)7-8(11)14(4-12-7)5-2-3-6(15)13-9(5)16/h4-5H,2-3,11H2,1H3,(H,13,15,16). The molecule has 1 aromatic heterocycles. The maximum Gasteiger partial charge on any atom is 0.360 e. The Morgan fingerprint density at radius 3 is 2.94 bits per heavy atom. The average Bonchev–Trinajstić information content (AvgIpc) is 2.70. The summed E-state index contributed by atoms with van der Waals surface area (Å²) in [7, 11) is 1.22. The van der Waals surface area contributed by atoms with Crippen LogP contribution in [0.15, 0.2) is 6.33 Å². The molecule has 0 aromatic carbocycles. The number of methoxy groups -OCH3 is 1. The van der Waals surface area contributed by atoms with Crippen LogP contribution in [0, 0.1) is 0 Å². The number of rotatable bonds is 2. The average molecular weight is 252 g/mol. The van der Waals surface area contributed by atoms with Gasteiger partial charge >= 0.3 is 5.97 Å². The molecule has 0 aliphatic carbocycles. The fourth-order valence-electron chi connectivity index (χ4n) is 1.82. The number of carbonyl (C=O) groups excluding carboxylic acids is 3. The van der Waals surface area contributed by atoms with E-state index >= 15 is 0 Å². The van der Waals surface area contributed by atoms with Gasteiger partial charge in [-0.25, -0.2) is 9.78 Å². The second-order valence-corrected chi connectivity index (χ2v) is 3.84. The second-order valence-electron chi connectivity index (χ2n) is 3.84. The molecule has 2 heterocycles. The first-order valence-corrected chi connectivity index (χ1v) is 5.29. The van der Waals surface area contributed by atoms with Crippen LogP contribution in [-0.4, -0.2) is 34.4 Å². The molecule has 1 aliphatic heterocycles. The number of hydrogen-bond donors (Lipinski definition) is 2. The summed E-state index contributed by atoms with van der Waals surface area (Å²) < 4.78 is 5.88. The third-order valence-corrected chi connectivity index (χ3v) is 2.76. The van der Waals surface area contributed by atoms with E-state index in [0.717, 1.165) is 0 Å². The molecule has 1 aliphatic rings. The first-order chi connectivity index (χ1) is 8.54. The summed E-state index contributed by atoms with van der Waals surface area (Å²) in [5.74, 6) is -1.38. The minimum Gasteiger partial charge on any atom is -0.464 e. The molecule has 18 heavy (non-hydrogen) atoms. The number of nitrogens with zero attached hydrogens (tertiary/aromatic N) is 2. The van der Waals surface area contributed by atoms with Crippen molar-refractivity contribution in [2.75, 3.05) is 12.8 Å². The number of nitrogens with one attached hydrogen (secondary N) is 1. The number of hydrogen-bond acceptors (Lipinski definition) is 6. The number of ether oxygens (including phenoxy) is 1. The van der Waals surface area contributed by atoms with Crippen molar-refractivity contribution in [3.05, 3.63) is 12.0 Å². The molecule has 0 saturated carbocycles. The van der Waals surface area contributed by atoms with Gasteiger partial charge in [0.1, 0.15) is 11.9 Å². The number of anilines is 1. The minimum atomic E-state index is -0.668. The maximum atomic E-state index is 11.7. The summed E-state index contributed by atoms with van der Waals surface area (Å²) in [6, 6.07) is -0.631. The van der Waals surface area contributed by atoms with E-state index in [1.54, 1.807) is 0 Å². The topological polar surface area (TPSA) is 116 Å². The van der Waals surface area contributed by atoms with Gasteiger partial charge in [0.15, 0.2) is 5.69 Å². The number of piperidine rings is 1. The van der Waals surface area contributed by atoms with Crippen molar-refractivity contribution in [3.63, 3.8) is 0 Å². The molecule has 1 aromatic rings. The largest absolute Gasteiger partial charge is 0.464 e. The van der Waals surface area contributed by atoms with Crippen LogP contribution >= 0.6 is 0 Å². The molecule has 96 valence electrons. The summed E-state index contributed by atoms with van der Waals surface area (Å²) >= 11 is 0. The Morgan fingerprint density at radius 1 is 1.61 bits per heavy atom. The highest BCUT2D eigenvalue weighted by Crippen LogP contribution is 2.23. The van der Waals surface area contributed by atoms with Gasteiger partial charge in [0, 0.05) is 6.42 Å². The fourth-order valence-corrected chi connectivity index (χ4v) is 1.82. The van der Waals surface area contributed by atoms with E-state index in [0.29, 0.717) is 6.42 Å². The highest BCUT2D eigenvalue weighted by molar-refractivity contribution is 6.00. The summed E-state index contributed by atoms with van der Waals surface area (Å²) in [4.78, 5) is 37.8. The van der Waals surface area contributed by atoms with Crippen LogP contribution in [0.5, 0.6) is 0 Å². The number of nitrogens with two attached hydrogens (primary N) is 1. The Labute approximate surface area is 102 Å². The molecule has 1 fully saturated rings. The lowest BCUT2D eigenvalue weighted by Crippen LogP contribution is -2.41. The van der Waals surface area contributed by atoms with Gasteiger partial charge in [0.2, 0.25) is 11.8 Å². The highest BCUT2D eigenvalue weighted by Gasteiger charge is 2.30. The molecule has 8 heteroatoms. The van der Waals surface area contributed by atoms with Crippen molar-refractivity contribution < 1.29 is 19.1 Å². The number of esters is 1. The third-order valence-electron chi connectivity index (χ3n) is 2.76. The van der Waals surface area contributed by atoms with E-state index in [-0.39, 0.29) is 23.8 Å². The van der Waals surface area contributed by atoms with Crippen molar-refractivity contribution in [2.45, 2.75) is 18.9 Å². The van der Waals surface area contributed by atoms with Crippen molar-refractivity contribution in [3.8, 4) is 0 Å². The molecule has 0 bridgehead atoms. The Hall–Kier alpha value is -2.38. The summed E-state index contributed by atoms with van der Waals surface area (Å²) in [5.41, 5.74) is 5.70. The predicted octanol–water partition coefficient (Wildman–Crippen LogP) is -0.770. The van der Waals surface area contributed by atoms with Gasteiger partial charge < -0.3 is 15.0 Å². The highest BCUT2D eigenvalue weighted by atomic mass is 16.5. The number of carbonyl (C=O) groups is 3. The van der Waals surface area contributed by atoms with Crippen LogP contribution in [-0.2, 0) is 14.3 Å². The molecule has 1 atom stereocenters. The first-order valence-electron chi connectivity index (χ1n) is 5.29. The predicted molar refractivity (Wildman–Crippen MR) is 59.4 cm³/mol. The van der Waals surface area contributed by atoms with Gasteiger partial charge in [0.05, 0.1) is 13.4 Å². The molecule has 3 N–H and O–H groups in total. The number of aromatic nitrogens is 2. The van der Waals surface area contributed by atoms with Crippen molar-refractivity contribution in [1.29, 1.82) is 0 Å². The fraction of sp³-hybridized carbons (Fsp3) is 0.400. The van der Waals surface area contributed by atoms with Crippen molar-refractivity contribution in [2.24, 2.45) is 0 Å². The van der Waals surface area contributed by atoms with Crippen LogP contribution in [0.25, 0.3) is 0 Å². The number of amides is 2. The normalized spacial score (nSPS) is 19.5. The van der Waals surface area contributed by atoms with E-state index in [4.69, 9.17) is 5.73 Å². The maximum absolute atomic E-state index is 11.7. The zero-order valence-electron chi connectivity index (χ0n) is 9.67. The zero-order valence-corrected chi connectivity index (χ0v) is 9.67. The molecule has 2 rings (SSSR count). The van der Waals surface area contributed by atoms with E-state index in [1.165, 1.54) is 18.0 Å². The third kappa shape index (κ3) is 1.92. The Balaban J connectivity index is 2.29. The molecule has 1 unspecified atom stereocenters. The van der Waals surface area contributed by atoms with Gasteiger partial charge in [-0.05, 0) is 6.42 Å². The minimum absolute atomic E-state index is 0.0396. The lowest BCUT2D eigenvalue weighted by atomic mass is 10.1. The number of imide groups is 1. The van der Waals surface area contributed by atoms with Gasteiger partial charge in [-0.2, -0.15) is 0 Å². The Morgan fingerprint density at radius 2 is 2.33 bits per heavy atom. The van der Waals surface area contributed by atoms with E-state index in [2.05, 4.69) is 15.0 Å². The summed E-state index contributed by atoms with van der Waals surface area (Å²) in [6.07, 6.45) is 1.84. The smallest absolute Gasteiger partial charge is 0.360 e. The van der Waals surface area contributed by atoms with Crippen LogP contribution in [0.3, 0.4) is 0 Å². The molecule has 8 nitrogen and oxygen atoms in total. The van der Waals surface area contributed by atoms with Crippen molar-refractivity contribution in [1.82, 2.24) is 14.9 Å². The monoisotopic (exact) mass is 252 g/mol. The lowest BCUT2D eigenvalue weighted by molar-refractivity contribution is -0.135. The number of nitrogen functional groups attached to an aromatic ring is 1. The van der Waals surface area contributed by atoms with E-state index in [1.807, 2.05) is 0 Å². The van der Waals surface area contributed by atoms with Crippen LogP contribution in [0.1, 0.15) is 29.4 Å². The molecular formula is C10H12N4O4. The molecule has 0 radical (unpaired) electrons. The lowest BCUT2D eigenvalue weighted by Gasteiger charge is -2.22. The van der Waals surface area contributed by atoms with Gasteiger partial charge in [0.25, 0.3) is 0 Å². The SMILES string of the molecule is COC(=O)c1ncn(C2CCC(=O)NC2=O)c1N. The van der Waals surface area contributed by atoms with Crippen LogP contribution < -0.4 is 11.1 Å². The summed E-state index contributed by atoms with van der Waals surface area (Å²) in [5, 5.41) is 2.21. The zero-order chi connectivity index (χ0) is 13.3. The molecular weight excluding hydrogens is 240 g/mol. The van der Waals surface area contributed by atoms with Crippen molar-refractivity contribution >= 4 is 23.6 Å². The molecule has 1 saturated heterocycles. The quantitative estimate of drug-likeness (QED) is 0.527. The van der Waals surface area contributed by atoms with Gasteiger partial charge in [-0.15, -0.1) is 0 Å². The summed E-state index contributed by atoms with van der Waals surface area (Å²) in [6.45, 7) is 0. The van der Waals surface area contributed by atoms with Gasteiger partial charge in [-0.1, -0.05) is 0 Å². The molecule has 0 spiro atoms. The van der Waals surface area contributed by atoms with Crippen LogP contribution in [0.4, 0.5) is 5.82 Å². The van der Waals surface area contributed by atoms with Crippen LogP contribution in [0.2, 0.25) is 0 Å².